The maximum atomic E-state index is 4.67. The van der Waals surface area contributed by atoms with Gasteiger partial charge in [0.2, 0.25) is 0 Å². The van der Waals surface area contributed by atoms with E-state index in [9.17, 15) is 0 Å². The van der Waals surface area contributed by atoms with Crippen molar-refractivity contribution >= 4 is 0 Å². The maximum Gasteiger partial charge on any atom is 0.0870 e. The molecule has 0 aromatic carbocycles. The molecule has 0 atom stereocenters. The number of rotatable bonds is 2. The summed E-state index contributed by atoms with van der Waals surface area (Å²) in [5.41, 5.74) is 0.264. The molecule has 0 bridgehead atoms. The molecule has 1 heterocycles. The molecule has 75 valence electrons. The lowest BCUT2D eigenvalue weighted by Crippen LogP contribution is -2.54. The van der Waals surface area contributed by atoms with Crippen LogP contribution in [0.15, 0.2) is 0 Å². The van der Waals surface area contributed by atoms with Crippen LogP contribution in [0.4, 0.5) is 0 Å². The molecule has 0 aromatic heterocycles. The fourth-order valence-corrected chi connectivity index (χ4v) is 2.93. The van der Waals surface area contributed by atoms with E-state index in [4.69, 9.17) is 0 Å². The molecule has 2 aliphatic rings. The Kier molecular flexibility index (Phi) is 2.89. The number of piperidine rings is 1. The van der Waals surface area contributed by atoms with Crippen molar-refractivity contribution in [3.8, 4) is 0 Å². The van der Waals surface area contributed by atoms with Crippen molar-refractivity contribution in [1.82, 2.24) is 10.2 Å². The second kappa shape index (κ2) is 3.97. The van der Waals surface area contributed by atoms with Crippen LogP contribution in [-0.4, -0.2) is 30.7 Å². The standard InChI is InChI=1S/C11H21N2/c1-12-11(7-3-4-8-11)13-9-5-2-6-10-13/h2-10H2,1H3. The Morgan fingerprint density at radius 2 is 1.54 bits per heavy atom. The Labute approximate surface area is 81.7 Å². The lowest BCUT2D eigenvalue weighted by Gasteiger charge is -2.42. The predicted octanol–water partition coefficient (Wildman–Crippen LogP) is 1.98. The highest BCUT2D eigenvalue weighted by Gasteiger charge is 2.39. The van der Waals surface area contributed by atoms with Crippen LogP contribution in [0.2, 0.25) is 0 Å². The predicted molar refractivity (Wildman–Crippen MR) is 54.7 cm³/mol. The molecule has 2 fully saturated rings. The Morgan fingerprint density at radius 1 is 0.923 bits per heavy atom. The molecule has 2 nitrogen and oxygen atoms in total. The van der Waals surface area contributed by atoms with Crippen LogP contribution in [0.1, 0.15) is 44.9 Å². The molecule has 0 unspecified atom stereocenters. The van der Waals surface area contributed by atoms with Gasteiger partial charge in [0.1, 0.15) is 0 Å². The third kappa shape index (κ3) is 1.75. The van der Waals surface area contributed by atoms with Crippen LogP contribution in [-0.2, 0) is 0 Å². The molecule has 1 saturated carbocycles. The first-order chi connectivity index (χ1) is 6.37. The second-order valence-corrected chi connectivity index (χ2v) is 4.46. The van der Waals surface area contributed by atoms with Crippen LogP contribution in [0.25, 0.3) is 0 Å². The fourth-order valence-electron chi connectivity index (χ4n) is 2.93. The summed E-state index contributed by atoms with van der Waals surface area (Å²) in [6.45, 7) is 2.58. The van der Waals surface area contributed by atoms with E-state index in [0.717, 1.165) is 0 Å². The summed E-state index contributed by atoms with van der Waals surface area (Å²) in [6, 6.07) is 0. The normalized spacial score (nSPS) is 29.3. The minimum absolute atomic E-state index is 0.264. The van der Waals surface area contributed by atoms with Crippen molar-refractivity contribution in [3.63, 3.8) is 0 Å². The summed E-state index contributed by atoms with van der Waals surface area (Å²) < 4.78 is 0. The van der Waals surface area contributed by atoms with Gasteiger partial charge in [0, 0.05) is 7.05 Å². The average Bonchev–Trinajstić information content (AvgIpc) is 2.69. The van der Waals surface area contributed by atoms with Crippen LogP contribution in [0, 0.1) is 0 Å². The van der Waals surface area contributed by atoms with Crippen LogP contribution < -0.4 is 5.32 Å². The van der Waals surface area contributed by atoms with Crippen LogP contribution >= 0.6 is 0 Å². The molecule has 1 aliphatic heterocycles. The molecule has 0 aromatic rings. The highest BCUT2D eigenvalue weighted by Crippen LogP contribution is 2.35. The maximum absolute atomic E-state index is 4.67. The molecule has 0 N–H and O–H groups in total. The Balaban J connectivity index is 2.01. The first kappa shape index (κ1) is 9.47. The molecule has 1 aliphatic carbocycles. The van der Waals surface area contributed by atoms with Gasteiger partial charge in [0.25, 0.3) is 0 Å². The van der Waals surface area contributed by atoms with Gasteiger partial charge in [-0.1, -0.05) is 19.3 Å². The van der Waals surface area contributed by atoms with Crippen LogP contribution in [0.3, 0.4) is 0 Å². The smallest absolute Gasteiger partial charge is 0.0870 e. The molecule has 2 rings (SSSR count). The topological polar surface area (TPSA) is 17.3 Å². The van der Waals surface area contributed by atoms with E-state index in [-0.39, 0.29) is 5.66 Å². The van der Waals surface area contributed by atoms with Crippen LogP contribution in [0.5, 0.6) is 0 Å². The fraction of sp³-hybridized carbons (Fsp3) is 1.00. The molecular formula is C11H21N2. The van der Waals surface area contributed by atoms with Crippen molar-refractivity contribution in [1.29, 1.82) is 0 Å². The molecule has 0 amide bonds. The van der Waals surface area contributed by atoms with Crippen molar-refractivity contribution < 1.29 is 0 Å². The first-order valence-electron chi connectivity index (χ1n) is 5.73. The van der Waals surface area contributed by atoms with Gasteiger partial charge in [-0.15, -0.1) is 0 Å². The molecule has 1 saturated heterocycles. The van der Waals surface area contributed by atoms with E-state index in [1.807, 2.05) is 7.05 Å². The highest BCUT2D eigenvalue weighted by molar-refractivity contribution is 4.92. The largest absolute Gasteiger partial charge is 0.284 e. The number of nitrogens with zero attached hydrogens (tertiary/aromatic N) is 2. The summed E-state index contributed by atoms with van der Waals surface area (Å²) in [5.74, 6) is 0. The summed E-state index contributed by atoms with van der Waals surface area (Å²) in [5, 5.41) is 4.67. The lowest BCUT2D eigenvalue weighted by molar-refractivity contribution is 0.0449. The Morgan fingerprint density at radius 3 is 2.08 bits per heavy atom. The molecule has 13 heavy (non-hydrogen) atoms. The SMILES string of the molecule is C[N]C1(N2CCCCC2)CCCC1. The van der Waals surface area contributed by atoms with Gasteiger partial charge in [0.15, 0.2) is 0 Å². The van der Waals surface area contributed by atoms with Gasteiger partial charge in [-0.2, -0.15) is 0 Å². The first-order valence-corrected chi connectivity index (χ1v) is 5.73. The zero-order valence-corrected chi connectivity index (χ0v) is 8.76. The van der Waals surface area contributed by atoms with Gasteiger partial charge in [-0.3, -0.25) is 4.90 Å². The summed E-state index contributed by atoms with van der Waals surface area (Å²) in [7, 11) is 2.01. The third-order valence-electron chi connectivity index (χ3n) is 3.77. The zero-order valence-electron chi connectivity index (χ0n) is 8.76. The van der Waals surface area contributed by atoms with Gasteiger partial charge < -0.3 is 0 Å². The zero-order chi connectivity index (χ0) is 9.15. The quantitative estimate of drug-likeness (QED) is 0.636. The van der Waals surface area contributed by atoms with Crippen molar-refractivity contribution in [3.05, 3.63) is 0 Å². The van der Waals surface area contributed by atoms with Gasteiger partial charge >= 0.3 is 0 Å². The Bertz CT molecular complexity index is 155. The molecule has 1 radical (unpaired) electrons. The summed E-state index contributed by atoms with van der Waals surface area (Å²) in [6.07, 6.45) is 9.58. The molecular weight excluding hydrogens is 160 g/mol. The van der Waals surface area contributed by atoms with E-state index in [1.165, 1.54) is 58.0 Å². The second-order valence-electron chi connectivity index (χ2n) is 4.46. The van der Waals surface area contributed by atoms with Gasteiger partial charge in [0.05, 0.1) is 5.66 Å². The van der Waals surface area contributed by atoms with E-state index >= 15 is 0 Å². The summed E-state index contributed by atoms with van der Waals surface area (Å²) in [4.78, 5) is 2.64. The minimum Gasteiger partial charge on any atom is -0.284 e. The van der Waals surface area contributed by atoms with Crippen molar-refractivity contribution in [2.45, 2.75) is 50.6 Å². The number of hydrogen-bond acceptors (Lipinski definition) is 1. The highest BCUT2D eigenvalue weighted by atomic mass is 15.3. The Hall–Kier alpha value is -0.0800. The molecule has 0 spiro atoms. The van der Waals surface area contributed by atoms with E-state index in [2.05, 4.69) is 10.2 Å². The van der Waals surface area contributed by atoms with E-state index in [1.54, 1.807) is 0 Å². The molecule has 2 heteroatoms. The van der Waals surface area contributed by atoms with Gasteiger partial charge in [-0.05, 0) is 38.8 Å². The monoisotopic (exact) mass is 181 g/mol. The third-order valence-corrected chi connectivity index (χ3v) is 3.77. The lowest BCUT2D eigenvalue weighted by atomic mass is 10.0. The van der Waals surface area contributed by atoms with E-state index in [0.29, 0.717) is 0 Å². The average molecular weight is 181 g/mol. The minimum atomic E-state index is 0.264. The van der Waals surface area contributed by atoms with Crippen molar-refractivity contribution in [2.24, 2.45) is 0 Å². The van der Waals surface area contributed by atoms with E-state index < -0.39 is 0 Å². The number of likely N-dealkylation sites (tertiary alicyclic amines) is 1. The summed E-state index contributed by atoms with van der Waals surface area (Å²) >= 11 is 0. The van der Waals surface area contributed by atoms with Crippen molar-refractivity contribution in [2.75, 3.05) is 20.1 Å². The number of hydrogen-bond donors (Lipinski definition) is 0. The van der Waals surface area contributed by atoms with Gasteiger partial charge in [-0.25, -0.2) is 5.32 Å².